The van der Waals surface area contributed by atoms with Crippen molar-refractivity contribution in [2.45, 2.75) is 0 Å². The number of para-hydroxylation sites is 1. The molecule has 2 aromatic carbocycles. The highest BCUT2D eigenvalue weighted by Crippen LogP contribution is 2.15. The summed E-state index contributed by atoms with van der Waals surface area (Å²) in [5.74, 6) is -0.545. The molecule has 1 aliphatic heterocycles. The number of oxime groups is 1. The summed E-state index contributed by atoms with van der Waals surface area (Å²) >= 11 is 0. The summed E-state index contributed by atoms with van der Waals surface area (Å²) in [6, 6.07) is 18.9. The first kappa shape index (κ1) is 13.1. The molecule has 0 atom stereocenters. The molecule has 0 spiro atoms. The minimum atomic E-state index is -0.545. The molecule has 0 fully saturated rings. The average Bonchev–Trinajstić information content (AvgIpc) is 2.90. The Morgan fingerprint density at radius 3 is 2.29 bits per heavy atom. The third-order valence-electron chi connectivity index (χ3n) is 3.06. The molecule has 1 aliphatic rings. The summed E-state index contributed by atoms with van der Waals surface area (Å²) in [7, 11) is 1.77. The molecular weight excluding hydrogens is 266 g/mol. The van der Waals surface area contributed by atoms with Crippen molar-refractivity contribution in [1.82, 2.24) is 0 Å². The van der Waals surface area contributed by atoms with Gasteiger partial charge in [0.2, 0.25) is 5.71 Å². The third kappa shape index (κ3) is 2.67. The third-order valence-corrected chi connectivity index (χ3v) is 3.06. The molecule has 0 amide bonds. The number of hydrogen-bond acceptors (Lipinski definition) is 5. The molecule has 0 aliphatic carbocycles. The van der Waals surface area contributed by atoms with Crippen molar-refractivity contribution in [3.05, 3.63) is 66.2 Å². The number of carbonyl (C=O) groups is 1. The molecule has 0 bridgehead atoms. The number of rotatable bonds is 3. The Bertz CT molecular complexity index is 709. The number of anilines is 1. The van der Waals surface area contributed by atoms with Crippen LogP contribution < -0.4 is 5.01 Å². The van der Waals surface area contributed by atoms with Gasteiger partial charge in [0.25, 0.3) is 0 Å². The molecule has 21 heavy (non-hydrogen) atoms. The van der Waals surface area contributed by atoms with E-state index in [0.29, 0.717) is 5.71 Å². The minimum Gasteiger partial charge on any atom is -0.310 e. The maximum Gasteiger partial charge on any atom is 0.388 e. The maximum atomic E-state index is 11.8. The second kappa shape index (κ2) is 5.58. The van der Waals surface area contributed by atoms with Crippen molar-refractivity contribution >= 4 is 23.1 Å². The predicted octanol–water partition coefficient (Wildman–Crippen LogP) is 2.44. The van der Waals surface area contributed by atoms with Crippen LogP contribution in [-0.2, 0) is 9.63 Å². The number of benzene rings is 2. The van der Waals surface area contributed by atoms with Gasteiger partial charge in [0.05, 0.1) is 5.69 Å². The topological polar surface area (TPSA) is 54.3 Å². The van der Waals surface area contributed by atoms with E-state index < -0.39 is 5.97 Å². The fraction of sp³-hybridized carbons (Fsp3) is 0.0625. The summed E-state index contributed by atoms with van der Waals surface area (Å²) in [4.78, 5) is 16.6. The minimum absolute atomic E-state index is 0.201. The summed E-state index contributed by atoms with van der Waals surface area (Å²) in [6.45, 7) is 0. The highest BCUT2D eigenvalue weighted by Gasteiger charge is 2.29. The van der Waals surface area contributed by atoms with Gasteiger partial charge < -0.3 is 4.84 Å². The quantitative estimate of drug-likeness (QED) is 0.640. The van der Waals surface area contributed by atoms with Gasteiger partial charge in [-0.1, -0.05) is 53.7 Å². The van der Waals surface area contributed by atoms with E-state index in [9.17, 15) is 4.79 Å². The van der Waals surface area contributed by atoms with E-state index >= 15 is 0 Å². The molecule has 0 radical (unpaired) electrons. The zero-order valence-corrected chi connectivity index (χ0v) is 11.4. The van der Waals surface area contributed by atoms with E-state index in [4.69, 9.17) is 4.84 Å². The predicted molar refractivity (Wildman–Crippen MR) is 81.4 cm³/mol. The lowest BCUT2D eigenvalue weighted by Gasteiger charge is -2.13. The first-order valence-corrected chi connectivity index (χ1v) is 6.48. The van der Waals surface area contributed by atoms with Crippen LogP contribution in [0.15, 0.2) is 70.9 Å². The Labute approximate surface area is 122 Å². The lowest BCUT2D eigenvalue weighted by molar-refractivity contribution is -0.134. The van der Waals surface area contributed by atoms with Crippen LogP contribution in [0.2, 0.25) is 0 Å². The second-order valence-corrected chi connectivity index (χ2v) is 4.49. The van der Waals surface area contributed by atoms with E-state index in [2.05, 4.69) is 10.3 Å². The van der Waals surface area contributed by atoms with Crippen molar-refractivity contribution in [1.29, 1.82) is 0 Å². The Balaban J connectivity index is 1.94. The Hall–Kier alpha value is -2.95. The molecule has 2 aromatic rings. The van der Waals surface area contributed by atoms with Gasteiger partial charge in [-0.15, -0.1) is 0 Å². The lowest BCUT2D eigenvalue weighted by Crippen LogP contribution is -2.24. The fourth-order valence-corrected chi connectivity index (χ4v) is 2.00. The molecule has 3 rings (SSSR count). The van der Waals surface area contributed by atoms with Gasteiger partial charge in [0, 0.05) is 12.6 Å². The van der Waals surface area contributed by atoms with Crippen LogP contribution in [0.4, 0.5) is 5.69 Å². The number of carbonyl (C=O) groups excluding carboxylic acids is 1. The van der Waals surface area contributed by atoms with Crippen LogP contribution in [0.1, 0.15) is 5.56 Å². The molecule has 5 nitrogen and oxygen atoms in total. The molecule has 0 unspecified atom stereocenters. The van der Waals surface area contributed by atoms with Gasteiger partial charge in [-0.05, 0) is 12.1 Å². The highest BCUT2D eigenvalue weighted by atomic mass is 16.7. The second-order valence-electron chi connectivity index (χ2n) is 4.49. The van der Waals surface area contributed by atoms with E-state index in [1.807, 2.05) is 60.7 Å². The van der Waals surface area contributed by atoms with Crippen molar-refractivity contribution in [3.63, 3.8) is 0 Å². The Morgan fingerprint density at radius 1 is 1.00 bits per heavy atom. The molecule has 0 saturated carbocycles. The van der Waals surface area contributed by atoms with Crippen LogP contribution in [0.25, 0.3) is 0 Å². The van der Waals surface area contributed by atoms with Gasteiger partial charge in [0.15, 0.2) is 0 Å². The Kier molecular flexibility index (Phi) is 3.47. The summed E-state index contributed by atoms with van der Waals surface area (Å²) in [5, 5.41) is 9.78. The molecule has 0 saturated heterocycles. The largest absolute Gasteiger partial charge is 0.388 e. The molecule has 104 valence electrons. The monoisotopic (exact) mass is 279 g/mol. The Morgan fingerprint density at radius 2 is 1.62 bits per heavy atom. The normalized spacial score (nSPS) is 15.8. The standard InChI is InChI=1S/C16H13N3O2/c1-19(13-10-6-3-7-11-13)17-15-14(18-21-16(15)20)12-8-4-2-5-9-12/h2-11H,1H3/b17-15-. The zero-order chi connectivity index (χ0) is 14.7. The van der Waals surface area contributed by atoms with E-state index in [1.165, 1.54) is 0 Å². The van der Waals surface area contributed by atoms with Crippen molar-refractivity contribution in [2.75, 3.05) is 12.1 Å². The van der Waals surface area contributed by atoms with E-state index in [1.54, 1.807) is 12.1 Å². The first-order valence-electron chi connectivity index (χ1n) is 6.48. The summed E-state index contributed by atoms with van der Waals surface area (Å²) in [5.41, 5.74) is 2.32. The van der Waals surface area contributed by atoms with Crippen LogP contribution in [0.3, 0.4) is 0 Å². The van der Waals surface area contributed by atoms with Crippen molar-refractivity contribution < 1.29 is 9.63 Å². The summed E-state index contributed by atoms with van der Waals surface area (Å²) in [6.07, 6.45) is 0. The van der Waals surface area contributed by atoms with E-state index in [-0.39, 0.29) is 5.71 Å². The van der Waals surface area contributed by atoms with E-state index in [0.717, 1.165) is 11.3 Å². The fourth-order valence-electron chi connectivity index (χ4n) is 2.00. The molecule has 5 heteroatoms. The number of nitrogens with zero attached hydrogens (tertiary/aromatic N) is 3. The highest BCUT2D eigenvalue weighted by molar-refractivity contribution is 6.70. The number of hydrazone groups is 1. The van der Waals surface area contributed by atoms with Crippen LogP contribution >= 0.6 is 0 Å². The van der Waals surface area contributed by atoms with Gasteiger partial charge in [0.1, 0.15) is 5.71 Å². The van der Waals surface area contributed by atoms with Crippen LogP contribution in [0.5, 0.6) is 0 Å². The molecular formula is C16H13N3O2. The molecule has 0 aromatic heterocycles. The smallest absolute Gasteiger partial charge is 0.310 e. The zero-order valence-electron chi connectivity index (χ0n) is 11.4. The molecule has 1 heterocycles. The average molecular weight is 279 g/mol. The van der Waals surface area contributed by atoms with Gasteiger partial charge in [-0.25, -0.2) is 4.79 Å². The van der Waals surface area contributed by atoms with Gasteiger partial charge in [-0.3, -0.25) is 5.01 Å². The first-order chi connectivity index (χ1) is 10.3. The van der Waals surface area contributed by atoms with Gasteiger partial charge >= 0.3 is 5.97 Å². The number of hydrogen-bond donors (Lipinski definition) is 0. The van der Waals surface area contributed by atoms with Crippen LogP contribution in [0, 0.1) is 0 Å². The van der Waals surface area contributed by atoms with Crippen molar-refractivity contribution in [3.8, 4) is 0 Å². The lowest BCUT2D eigenvalue weighted by atomic mass is 10.1. The maximum absolute atomic E-state index is 11.8. The van der Waals surface area contributed by atoms with Crippen LogP contribution in [-0.4, -0.2) is 24.4 Å². The molecule has 0 N–H and O–H groups in total. The van der Waals surface area contributed by atoms with Gasteiger partial charge in [-0.2, -0.15) is 5.10 Å². The SMILES string of the molecule is CN(/N=C1\C(=O)ON=C1c1ccccc1)c1ccccc1. The van der Waals surface area contributed by atoms with Crippen molar-refractivity contribution in [2.24, 2.45) is 10.3 Å². The summed E-state index contributed by atoms with van der Waals surface area (Å²) < 4.78 is 0.